The van der Waals surface area contributed by atoms with Crippen LogP contribution in [0.25, 0.3) is 11.4 Å². The fraction of sp³-hybridized carbons (Fsp3) is 0.192. The van der Waals surface area contributed by atoms with Crippen LogP contribution in [-0.4, -0.2) is 45.5 Å². The number of nitrogens with zero attached hydrogens (tertiary/aromatic N) is 4. The van der Waals surface area contributed by atoms with Gasteiger partial charge in [0, 0.05) is 19.2 Å². The van der Waals surface area contributed by atoms with Crippen molar-refractivity contribution in [3.63, 3.8) is 0 Å². The first kappa shape index (κ1) is 24.4. The molecule has 0 saturated heterocycles. The van der Waals surface area contributed by atoms with Gasteiger partial charge in [-0.3, -0.25) is 9.36 Å². The number of benzene rings is 3. The van der Waals surface area contributed by atoms with E-state index >= 15 is 0 Å². The summed E-state index contributed by atoms with van der Waals surface area (Å²) in [4.78, 5) is 14.3. The minimum absolute atomic E-state index is 0.130. The zero-order chi connectivity index (χ0) is 24.8. The molecule has 180 valence electrons. The molecule has 0 aliphatic rings. The van der Waals surface area contributed by atoms with E-state index in [9.17, 15) is 13.6 Å². The van der Waals surface area contributed by atoms with Crippen molar-refractivity contribution in [2.75, 3.05) is 19.9 Å². The van der Waals surface area contributed by atoms with Gasteiger partial charge in [0.1, 0.15) is 5.82 Å². The van der Waals surface area contributed by atoms with Crippen LogP contribution in [0.2, 0.25) is 0 Å². The highest BCUT2D eigenvalue weighted by atomic mass is 32.2. The van der Waals surface area contributed by atoms with Crippen LogP contribution in [0.1, 0.15) is 11.1 Å². The molecule has 0 radical (unpaired) electrons. The SMILES string of the molecule is COc1ccc(CN(C)C(=O)CSc2nnc(-c3ccc(F)cc3)n2Cc2ccccc2)cc1F. The van der Waals surface area contributed by atoms with Gasteiger partial charge in [-0.2, -0.15) is 0 Å². The Bertz CT molecular complexity index is 1300. The number of carbonyl (C=O) groups excluding carboxylic acids is 1. The molecule has 3 aromatic carbocycles. The van der Waals surface area contributed by atoms with Gasteiger partial charge in [-0.25, -0.2) is 8.78 Å². The molecule has 4 rings (SSSR count). The summed E-state index contributed by atoms with van der Waals surface area (Å²) in [5.74, 6) is -0.0565. The van der Waals surface area contributed by atoms with Gasteiger partial charge in [0.25, 0.3) is 0 Å². The third kappa shape index (κ3) is 6.05. The largest absolute Gasteiger partial charge is 0.494 e. The Morgan fingerprint density at radius 2 is 1.74 bits per heavy atom. The van der Waals surface area contributed by atoms with Gasteiger partial charge in [0.2, 0.25) is 5.91 Å². The van der Waals surface area contributed by atoms with E-state index in [0.29, 0.717) is 23.1 Å². The summed E-state index contributed by atoms with van der Waals surface area (Å²) in [7, 11) is 3.08. The van der Waals surface area contributed by atoms with Crippen molar-refractivity contribution in [1.82, 2.24) is 19.7 Å². The lowest BCUT2D eigenvalue weighted by atomic mass is 10.2. The topological polar surface area (TPSA) is 60.2 Å². The average Bonchev–Trinajstić information content (AvgIpc) is 3.26. The van der Waals surface area contributed by atoms with Crippen LogP contribution in [-0.2, 0) is 17.9 Å². The van der Waals surface area contributed by atoms with Gasteiger partial charge >= 0.3 is 0 Å². The van der Waals surface area contributed by atoms with E-state index in [1.54, 1.807) is 31.3 Å². The smallest absolute Gasteiger partial charge is 0.233 e. The molecular formula is C26H24F2N4O2S. The molecule has 0 N–H and O–H groups in total. The second-order valence-electron chi connectivity index (χ2n) is 7.89. The van der Waals surface area contributed by atoms with Crippen molar-refractivity contribution in [3.05, 3.63) is 95.6 Å². The molecule has 6 nitrogen and oxygen atoms in total. The van der Waals surface area contributed by atoms with Gasteiger partial charge in [-0.05, 0) is 47.5 Å². The number of halogens is 2. The number of carbonyl (C=O) groups is 1. The van der Waals surface area contributed by atoms with Crippen LogP contribution in [0.5, 0.6) is 5.75 Å². The van der Waals surface area contributed by atoms with Gasteiger partial charge in [-0.15, -0.1) is 10.2 Å². The van der Waals surface area contributed by atoms with Crippen LogP contribution < -0.4 is 4.74 Å². The molecule has 0 atom stereocenters. The molecule has 0 saturated carbocycles. The van der Waals surface area contributed by atoms with Crippen molar-refractivity contribution >= 4 is 17.7 Å². The predicted octanol–water partition coefficient (Wildman–Crippen LogP) is 5.03. The number of aromatic nitrogens is 3. The summed E-state index contributed by atoms with van der Waals surface area (Å²) < 4.78 is 34.3. The van der Waals surface area contributed by atoms with E-state index in [1.807, 2.05) is 34.9 Å². The van der Waals surface area contributed by atoms with Gasteiger partial charge in [0.15, 0.2) is 22.5 Å². The molecule has 0 spiro atoms. The Balaban J connectivity index is 1.49. The Labute approximate surface area is 206 Å². The predicted molar refractivity (Wildman–Crippen MR) is 131 cm³/mol. The second kappa shape index (κ2) is 11.1. The van der Waals surface area contributed by atoms with Crippen LogP contribution in [0.15, 0.2) is 78.0 Å². The number of thioether (sulfide) groups is 1. The Morgan fingerprint density at radius 3 is 2.43 bits per heavy atom. The molecule has 0 bridgehead atoms. The number of hydrogen-bond acceptors (Lipinski definition) is 5. The molecule has 1 aromatic heterocycles. The lowest BCUT2D eigenvalue weighted by Gasteiger charge is -2.17. The van der Waals surface area contributed by atoms with Crippen molar-refractivity contribution in [1.29, 1.82) is 0 Å². The molecule has 9 heteroatoms. The van der Waals surface area contributed by atoms with Crippen molar-refractivity contribution < 1.29 is 18.3 Å². The first-order valence-corrected chi connectivity index (χ1v) is 11.9. The molecule has 0 aliphatic carbocycles. The number of amides is 1. The zero-order valence-electron chi connectivity index (χ0n) is 19.3. The monoisotopic (exact) mass is 494 g/mol. The third-order valence-electron chi connectivity index (χ3n) is 5.39. The summed E-state index contributed by atoms with van der Waals surface area (Å²) in [6.45, 7) is 0.760. The summed E-state index contributed by atoms with van der Waals surface area (Å²) in [6, 6.07) is 20.5. The zero-order valence-corrected chi connectivity index (χ0v) is 20.1. The number of ether oxygens (including phenoxy) is 1. The van der Waals surface area contributed by atoms with E-state index in [1.165, 1.54) is 42.0 Å². The van der Waals surface area contributed by atoms with Gasteiger partial charge in [-0.1, -0.05) is 48.2 Å². The lowest BCUT2D eigenvalue weighted by molar-refractivity contribution is -0.127. The molecule has 1 heterocycles. The molecule has 1 amide bonds. The first-order valence-electron chi connectivity index (χ1n) is 10.9. The maximum absolute atomic E-state index is 14.0. The van der Waals surface area contributed by atoms with E-state index in [4.69, 9.17) is 4.74 Å². The summed E-state index contributed by atoms with van der Waals surface area (Å²) in [5, 5.41) is 9.20. The fourth-order valence-corrected chi connectivity index (χ4v) is 4.40. The normalized spacial score (nSPS) is 10.9. The summed E-state index contributed by atoms with van der Waals surface area (Å²) >= 11 is 1.27. The van der Waals surface area contributed by atoms with Gasteiger partial charge in [0.05, 0.1) is 19.4 Å². The highest BCUT2D eigenvalue weighted by Crippen LogP contribution is 2.26. The number of methoxy groups -OCH3 is 1. The second-order valence-corrected chi connectivity index (χ2v) is 8.83. The van der Waals surface area contributed by atoms with Crippen LogP contribution in [0.4, 0.5) is 8.78 Å². The minimum Gasteiger partial charge on any atom is -0.494 e. The molecule has 0 aliphatic heterocycles. The van der Waals surface area contributed by atoms with Crippen LogP contribution in [0.3, 0.4) is 0 Å². The average molecular weight is 495 g/mol. The Hall–Kier alpha value is -3.72. The van der Waals surface area contributed by atoms with E-state index in [0.717, 1.165) is 11.1 Å². The van der Waals surface area contributed by atoms with E-state index < -0.39 is 5.82 Å². The first-order chi connectivity index (χ1) is 16.9. The van der Waals surface area contributed by atoms with E-state index in [-0.39, 0.29) is 29.8 Å². The maximum atomic E-state index is 14.0. The Kier molecular flexibility index (Phi) is 7.77. The van der Waals surface area contributed by atoms with Crippen molar-refractivity contribution in [3.8, 4) is 17.1 Å². The minimum atomic E-state index is -0.470. The highest BCUT2D eigenvalue weighted by Gasteiger charge is 2.18. The highest BCUT2D eigenvalue weighted by molar-refractivity contribution is 7.99. The van der Waals surface area contributed by atoms with Crippen LogP contribution in [0, 0.1) is 11.6 Å². The fourth-order valence-electron chi connectivity index (χ4n) is 3.52. The third-order valence-corrected chi connectivity index (χ3v) is 6.34. The molecular weight excluding hydrogens is 470 g/mol. The van der Waals surface area contributed by atoms with Crippen molar-refractivity contribution in [2.24, 2.45) is 0 Å². The molecule has 35 heavy (non-hydrogen) atoms. The van der Waals surface area contributed by atoms with Crippen LogP contribution >= 0.6 is 11.8 Å². The number of rotatable bonds is 9. The summed E-state index contributed by atoms with van der Waals surface area (Å²) in [6.07, 6.45) is 0. The maximum Gasteiger partial charge on any atom is 0.233 e. The van der Waals surface area contributed by atoms with Crippen molar-refractivity contribution in [2.45, 2.75) is 18.2 Å². The number of hydrogen-bond donors (Lipinski definition) is 0. The lowest BCUT2D eigenvalue weighted by Crippen LogP contribution is -2.28. The summed E-state index contributed by atoms with van der Waals surface area (Å²) in [5.41, 5.74) is 2.43. The quantitative estimate of drug-likeness (QED) is 0.306. The standard InChI is InChI=1S/C26H24F2N4O2S/c1-31(15-19-8-13-23(34-2)22(28)14-19)24(33)17-35-26-30-29-25(20-9-11-21(27)12-10-20)32(26)16-18-6-4-3-5-7-18/h3-14H,15-17H2,1-2H3. The Morgan fingerprint density at radius 1 is 1.00 bits per heavy atom. The van der Waals surface area contributed by atoms with Gasteiger partial charge < -0.3 is 9.64 Å². The molecule has 0 fully saturated rings. The molecule has 0 unspecified atom stereocenters. The van der Waals surface area contributed by atoms with E-state index in [2.05, 4.69) is 10.2 Å². The molecule has 4 aromatic rings.